The molecule has 92 valence electrons. The molecular formula is C14H19NO2. The first kappa shape index (κ1) is 12.1. The number of likely N-dealkylation sites (tertiary alicyclic amines) is 1. The molecule has 0 aliphatic carbocycles. The van der Waals surface area contributed by atoms with E-state index in [0.29, 0.717) is 6.54 Å². The summed E-state index contributed by atoms with van der Waals surface area (Å²) in [5, 5.41) is 9.06. The van der Waals surface area contributed by atoms with Crippen molar-refractivity contribution in [3.63, 3.8) is 0 Å². The van der Waals surface area contributed by atoms with Crippen molar-refractivity contribution in [1.29, 1.82) is 0 Å². The van der Waals surface area contributed by atoms with E-state index in [4.69, 9.17) is 5.11 Å². The number of aliphatic carboxylic acids is 1. The van der Waals surface area contributed by atoms with Crippen LogP contribution in [0.25, 0.3) is 0 Å². The van der Waals surface area contributed by atoms with Gasteiger partial charge in [0, 0.05) is 19.6 Å². The summed E-state index contributed by atoms with van der Waals surface area (Å²) >= 11 is 0. The molecule has 0 aromatic heterocycles. The van der Waals surface area contributed by atoms with Crippen molar-refractivity contribution in [2.75, 3.05) is 19.6 Å². The third kappa shape index (κ3) is 3.07. The highest BCUT2D eigenvalue weighted by Crippen LogP contribution is 2.23. The molecule has 0 amide bonds. The van der Waals surface area contributed by atoms with E-state index < -0.39 is 5.97 Å². The van der Waals surface area contributed by atoms with Gasteiger partial charge in [-0.15, -0.1) is 0 Å². The highest BCUT2D eigenvalue weighted by molar-refractivity contribution is 5.71. The van der Waals surface area contributed by atoms with Crippen molar-refractivity contribution in [3.8, 4) is 0 Å². The number of hydrogen-bond donors (Lipinski definition) is 1. The Morgan fingerprint density at radius 2 is 2.06 bits per heavy atom. The molecule has 0 spiro atoms. The Hall–Kier alpha value is -1.35. The largest absolute Gasteiger partial charge is 0.481 e. The number of benzene rings is 1. The van der Waals surface area contributed by atoms with Crippen LogP contribution in [0.2, 0.25) is 0 Å². The van der Waals surface area contributed by atoms with E-state index >= 15 is 0 Å². The van der Waals surface area contributed by atoms with Crippen molar-refractivity contribution in [2.45, 2.75) is 13.3 Å². The lowest BCUT2D eigenvalue weighted by Crippen LogP contribution is -2.25. The van der Waals surface area contributed by atoms with Crippen LogP contribution >= 0.6 is 0 Å². The summed E-state index contributed by atoms with van der Waals surface area (Å²) in [5.74, 6) is -0.575. The van der Waals surface area contributed by atoms with Gasteiger partial charge < -0.3 is 10.0 Å². The van der Waals surface area contributed by atoms with E-state index in [0.717, 1.165) is 19.5 Å². The monoisotopic (exact) mass is 233 g/mol. The standard InChI is InChI=1S/C14H19NO2/c1-11-9-15(10-13(11)14(16)17)8-7-12-5-3-2-4-6-12/h2-6,11,13H,7-10H2,1H3,(H,16,17). The Balaban J connectivity index is 1.84. The van der Waals surface area contributed by atoms with Gasteiger partial charge in [0.2, 0.25) is 0 Å². The lowest BCUT2D eigenvalue weighted by atomic mass is 9.99. The van der Waals surface area contributed by atoms with Crippen LogP contribution in [-0.4, -0.2) is 35.6 Å². The van der Waals surface area contributed by atoms with E-state index in [1.54, 1.807) is 0 Å². The third-order valence-electron chi connectivity index (χ3n) is 3.56. The molecule has 1 aromatic rings. The number of hydrogen-bond acceptors (Lipinski definition) is 2. The van der Waals surface area contributed by atoms with Gasteiger partial charge in [-0.2, -0.15) is 0 Å². The van der Waals surface area contributed by atoms with Gasteiger partial charge in [-0.05, 0) is 17.9 Å². The SMILES string of the molecule is CC1CN(CCc2ccccc2)CC1C(=O)O. The molecule has 2 unspecified atom stereocenters. The molecule has 17 heavy (non-hydrogen) atoms. The topological polar surface area (TPSA) is 40.5 Å². The summed E-state index contributed by atoms with van der Waals surface area (Å²) < 4.78 is 0. The van der Waals surface area contributed by atoms with E-state index in [-0.39, 0.29) is 11.8 Å². The van der Waals surface area contributed by atoms with Crippen LogP contribution in [0.15, 0.2) is 30.3 Å². The van der Waals surface area contributed by atoms with Gasteiger partial charge in [0.1, 0.15) is 0 Å². The molecule has 3 heteroatoms. The fourth-order valence-corrected chi connectivity index (χ4v) is 2.50. The molecule has 2 rings (SSSR count). The van der Waals surface area contributed by atoms with Crippen LogP contribution < -0.4 is 0 Å². The van der Waals surface area contributed by atoms with Crippen LogP contribution in [0.3, 0.4) is 0 Å². The summed E-state index contributed by atoms with van der Waals surface area (Å²) in [6.07, 6.45) is 1.000. The average Bonchev–Trinajstić information content (AvgIpc) is 2.69. The molecule has 1 fully saturated rings. The predicted molar refractivity (Wildman–Crippen MR) is 66.9 cm³/mol. The van der Waals surface area contributed by atoms with E-state index in [1.807, 2.05) is 25.1 Å². The fraction of sp³-hybridized carbons (Fsp3) is 0.500. The van der Waals surface area contributed by atoms with Crippen molar-refractivity contribution in [3.05, 3.63) is 35.9 Å². The van der Waals surface area contributed by atoms with Crippen molar-refractivity contribution in [1.82, 2.24) is 4.90 Å². The normalized spacial score (nSPS) is 25.0. The first-order chi connectivity index (χ1) is 8.16. The molecule has 1 aliphatic rings. The van der Waals surface area contributed by atoms with Gasteiger partial charge in [-0.25, -0.2) is 0 Å². The predicted octanol–water partition coefficient (Wildman–Crippen LogP) is 1.88. The zero-order chi connectivity index (χ0) is 12.3. The Morgan fingerprint density at radius 1 is 1.35 bits per heavy atom. The lowest BCUT2D eigenvalue weighted by Gasteiger charge is -2.14. The number of nitrogens with zero attached hydrogens (tertiary/aromatic N) is 1. The summed E-state index contributed by atoms with van der Waals surface area (Å²) in [7, 11) is 0. The highest BCUT2D eigenvalue weighted by atomic mass is 16.4. The van der Waals surface area contributed by atoms with Crippen molar-refractivity contribution < 1.29 is 9.90 Å². The molecule has 2 atom stereocenters. The number of rotatable bonds is 4. The van der Waals surface area contributed by atoms with Crippen LogP contribution in [0.1, 0.15) is 12.5 Å². The summed E-state index contributed by atoms with van der Waals surface area (Å²) in [6.45, 7) is 4.59. The zero-order valence-corrected chi connectivity index (χ0v) is 10.2. The number of carbonyl (C=O) groups is 1. The maximum Gasteiger partial charge on any atom is 0.308 e. The first-order valence-corrected chi connectivity index (χ1v) is 6.16. The lowest BCUT2D eigenvalue weighted by molar-refractivity contribution is -0.142. The molecule has 1 heterocycles. The molecule has 0 bridgehead atoms. The third-order valence-corrected chi connectivity index (χ3v) is 3.56. The highest BCUT2D eigenvalue weighted by Gasteiger charge is 2.34. The Bertz CT molecular complexity index is 377. The molecular weight excluding hydrogens is 214 g/mol. The minimum Gasteiger partial charge on any atom is -0.481 e. The Kier molecular flexibility index (Phi) is 3.79. The molecule has 0 radical (unpaired) electrons. The number of carboxylic acids is 1. The summed E-state index contributed by atoms with van der Waals surface area (Å²) in [6, 6.07) is 10.3. The molecule has 1 N–H and O–H groups in total. The zero-order valence-electron chi connectivity index (χ0n) is 10.2. The molecule has 1 aliphatic heterocycles. The maximum absolute atomic E-state index is 11.0. The van der Waals surface area contributed by atoms with Gasteiger partial charge >= 0.3 is 5.97 Å². The second-order valence-electron chi connectivity index (χ2n) is 4.92. The van der Waals surface area contributed by atoms with Gasteiger partial charge in [0.05, 0.1) is 5.92 Å². The average molecular weight is 233 g/mol. The summed E-state index contributed by atoms with van der Waals surface area (Å²) in [5.41, 5.74) is 1.32. The first-order valence-electron chi connectivity index (χ1n) is 6.16. The molecule has 3 nitrogen and oxygen atoms in total. The second-order valence-corrected chi connectivity index (χ2v) is 4.92. The van der Waals surface area contributed by atoms with Crippen LogP contribution in [0, 0.1) is 11.8 Å². The van der Waals surface area contributed by atoms with E-state index in [2.05, 4.69) is 17.0 Å². The Morgan fingerprint density at radius 3 is 2.65 bits per heavy atom. The smallest absolute Gasteiger partial charge is 0.308 e. The van der Waals surface area contributed by atoms with Gasteiger partial charge in [0.25, 0.3) is 0 Å². The Labute approximate surface area is 102 Å². The fourth-order valence-electron chi connectivity index (χ4n) is 2.50. The minimum absolute atomic E-state index is 0.189. The van der Waals surface area contributed by atoms with Crippen LogP contribution in [0.5, 0.6) is 0 Å². The maximum atomic E-state index is 11.0. The molecule has 1 saturated heterocycles. The summed E-state index contributed by atoms with van der Waals surface area (Å²) in [4.78, 5) is 13.3. The van der Waals surface area contributed by atoms with E-state index in [1.165, 1.54) is 5.56 Å². The number of carboxylic acid groups (broad SMARTS) is 1. The van der Waals surface area contributed by atoms with Crippen molar-refractivity contribution in [2.24, 2.45) is 11.8 Å². The van der Waals surface area contributed by atoms with Crippen LogP contribution in [0.4, 0.5) is 0 Å². The van der Waals surface area contributed by atoms with Crippen LogP contribution in [-0.2, 0) is 11.2 Å². The van der Waals surface area contributed by atoms with E-state index in [9.17, 15) is 4.79 Å². The van der Waals surface area contributed by atoms with Gasteiger partial charge in [-0.1, -0.05) is 37.3 Å². The molecule has 0 saturated carbocycles. The van der Waals surface area contributed by atoms with Gasteiger partial charge in [0.15, 0.2) is 0 Å². The quantitative estimate of drug-likeness (QED) is 0.863. The second kappa shape index (κ2) is 5.32. The van der Waals surface area contributed by atoms with Crippen molar-refractivity contribution >= 4 is 5.97 Å². The molecule has 1 aromatic carbocycles. The van der Waals surface area contributed by atoms with Gasteiger partial charge in [-0.3, -0.25) is 4.79 Å². The minimum atomic E-state index is -0.653.